The average molecular weight is 271 g/mol. The van der Waals surface area contributed by atoms with E-state index in [1.807, 2.05) is 0 Å². The molecule has 2 aromatic carbocycles. The topological polar surface area (TPSA) is 67.1 Å². The van der Waals surface area contributed by atoms with Crippen LogP contribution in [0, 0.1) is 12.7 Å². The second-order valence-electron chi connectivity index (χ2n) is 4.91. The zero-order chi connectivity index (χ0) is 14.3. The summed E-state index contributed by atoms with van der Waals surface area (Å²) in [5.41, 5.74) is 10.2. The van der Waals surface area contributed by atoms with E-state index < -0.39 is 0 Å². The van der Waals surface area contributed by atoms with Crippen LogP contribution >= 0.6 is 0 Å². The Morgan fingerprint density at radius 1 is 1.30 bits per heavy atom. The number of nitrogens with two attached hydrogens (primary N) is 1. The Hall–Kier alpha value is -2.56. The molecule has 1 aliphatic heterocycles. The van der Waals surface area contributed by atoms with Gasteiger partial charge in [0, 0.05) is 11.4 Å². The number of fused-ring (bicyclic) bond motifs is 1. The number of halogens is 1. The van der Waals surface area contributed by atoms with Crippen molar-refractivity contribution in [3.8, 4) is 0 Å². The number of carbonyl (C=O) groups excluding carboxylic acids is 1. The molecule has 0 bridgehead atoms. The molecule has 3 rings (SSSR count). The molecule has 4 N–H and O–H groups in total. The molecular formula is C15H14FN3O. The van der Waals surface area contributed by atoms with Crippen LogP contribution in [0.5, 0.6) is 0 Å². The molecule has 0 spiro atoms. The van der Waals surface area contributed by atoms with E-state index in [0.29, 0.717) is 23.4 Å². The highest BCUT2D eigenvalue weighted by atomic mass is 19.1. The predicted molar refractivity (Wildman–Crippen MR) is 77.6 cm³/mol. The first-order chi connectivity index (χ1) is 9.52. The maximum Gasteiger partial charge on any atom is 0.228 e. The highest BCUT2D eigenvalue weighted by Crippen LogP contribution is 2.33. The van der Waals surface area contributed by atoms with Crippen molar-refractivity contribution in [2.24, 2.45) is 0 Å². The molecule has 2 aromatic rings. The van der Waals surface area contributed by atoms with Gasteiger partial charge in [0.2, 0.25) is 5.91 Å². The molecule has 1 aliphatic rings. The maximum absolute atomic E-state index is 13.2. The Bertz CT molecular complexity index is 713. The zero-order valence-corrected chi connectivity index (χ0v) is 11.0. The van der Waals surface area contributed by atoms with E-state index in [0.717, 1.165) is 16.9 Å². The van der Waals surface area contributed by atoms with E-state index in [9.17, 15) is 9.18 Å². The van der Waals surface area contributed by atoms with E-state index in [4.69, 9.17) is 5.73 Å². The third-order valence-electron chi connectivity index (χ3n) is 3.34. The lowest BCUT2D eigenvalue weighted by Gasteiger charge is -2.12. The number of benzene rings is 2. The summed E-state index contributed by atoms with van der Waals surface area (Å²) < 4.78 is 13.2. The van der Waals surface area contributed by atoms with Gasteiger partial charge in [0.15, 0.2) is 0 Å². The van der Waals surface area contributed by atoms with Crippen LogP contribution in [0.3, 0.4) is 0 Å². The molecule has 0 unspecified atom stereocenters. The second kappa shape index (κ2) is 4.52. The van der Waals surface area contributed by atoms with Gasteiger partial charge in [-0.1, -0.05) is 0 Å². The summed E-state index contributed by atoms with van der Waals surface area (Å²) >= 11 is 0. The van der Waals surface area contributed by atoms with E-state index in [-0.39, 0.29) is 11.7 Å². The van der Waals surface area contributed by atoms with E-state index in [1.54, 1.807) is 31.2 Å². The Balaban J connectivity index is 1.93. The van der Waals surface area contributed by atoms with Gasteiger partial charge in [-0.3, -0.25) is 4.79 Å². The fourth-order valence-corrected chi connectivity index (χ4v) is 2.28. The van der Waals surface area contributed by atoms with Crippen LogP contribution < -0.4 is 16.4 Å². The number of hydrogen-bond donors (Lipinski definition) is 3. The van der Waals surface area contributed by atoms with E-state index in [2.05, 4.69) is 10.6 Å². The number of carbonyl (C=O) groups is 1. The normalized spacial score (nSPS) is 13.0. The molecule has 0 fully saturated rings. The van der Waals surface area contributed by atoms with Crippen molar-refractivity contribution in [1.29, 1.82) is 0 Å². The van der Waals surface area contributed by atoms with E-state index in [1.165, 1.54) is 6.07 Å². The van der Waals surface area contributed by atoms with Crippen molar-refractivity contribution in [3.05, 3.63) is 47.3 Å². The summed E-state index contributed by atoms with van der Waals surface area (Å²) in [4.78, 5) is 11.3. The lowest BCUT2D eigenvalue weighted by molar-refractivity contribution is -0.115. The van der Waals surface area contributed by atoms with Gasteiger partial charge < -0.3 is 16.4 Å². The van der Waals surface area contributed by atoms with Gasteiger partial charge in [-0.15, -0.1) is 0 Å². The molecule has 1 amide bonds. The smallest absolute Gasteiger partial charge is 0.228 e. The van der Waals surface area contributed by atoms with Gasteiger partial charge in [0.05, 0.1) is 17.8 Å². The largest absolute Gasteiger partial charge is 0.397 e. The molecule has 4 nitrogen and oxygen atoms in total. The maximum atomic E-state index is 13.2. The van der Waals surface area contributed by atoms with Crippen LogP contribution in [0.1, 0.15) is 11.1 Å². The molecule has 5 heteroatoms. The van der Waals surface area contributed by atoms with Gasteiger partial charge in [0.25, 0.3) is 0 Å². The number of hydrogen-bond acceptors (Lipinski definition) is 3. The lowest BCUT2D eigenvalue weighted by atomic mass is 10.1. The lowest BCUT2D eigenvalue weighted by Crippen LogP contribution is -2.03. The van der Waals surface area contributed by atoms with Gasteiger partial charge >= 0.3 is 0 Å². The third kappa shape index (κ3) is 2.18. The first-order valence-electron chi connectivity index (χ1n) is 6.28. The molecular weight excluding hydrogens is 257 g/mol. The molecule has 0 saturated heterocycles. The van der Waals surface area contributed by atoms with E-state index >= 15 is 0 Å². The SMILES string of the molecule is Cc1cc(Nc2cc3c(cc2N)CC(=O)N3)ccc1F. The Morgan fingerprint density at radius 2 is 2.10 bits per heavy atom. The van der Waals surface area contributed by atoms with Crippen LogP contribution in [0.4, 0.5) is 27.1 Å². The van der Waals surface area contributed by atoms with Gasteiger partial charge in [-0.05, 0) is 48.4 Å². The number of nitrogen functional groups attached to an aromatic ring is 1. The first kappa shape index (κ1) is 12.5. The molecule has 1 heterocycles. The minimum absolute atomic E-state index is 0.0332. The average Bonchev–Trinajstić information content (AvgIpc) is 2.73. The quantitative estimate of drug-likeness (QED) is 0.736. The zero-order valence-electron chi connectivity index (χ0n) is 11.0. The van der Waals surface area contributed by atoms with Crippen LogP contribution in [0.15, 0.2) is 30.3 Å². The van der Waals surface area contributed by atoms with Crippen LogP contribution in [-0.4, -0.2) is 5.91 Å². The van der Waals surface area contributed by atoms with Crippen molar-refractivity contribution >= 4 is 28.7 Å². The van der Waals surface area contributed by atoms with Crippen LogP contribution in [-0.2, 0) is 11.2 Å². The standard InChI is InChI=1S/C15H14FN3O/c1-8-4-10(2-3-11(8)16)18-14-7-13-9(5-12(14)17)6-15(20)19-13/h2-5,7,18H,6,17H2,1H3,(H,19,20). The molecule has 0 aromatic heterocycles. The first-order valence-corrected chi connectivity index (χ1v) is 6.28. The fraction of sp³-hybridized carbons (Fsp3) is 0.133. The highest BCUT2D eigenvalue weighted by Gasteiger charge is 2.19. The number of aryl methyl sites for hydroxylation is 1. The number of amides is 1. The highest BCUT2D eigenvalue weighted by molar-refractivity contribution is 6.01. The van der Waals surface area contributed by atoms with Crippen molar-refractivity contribution in [1.82, 2.24) is 0 Å². The third-order valence-corrected chi connectivity index (χ3v) is 3.34. The molecule has 102 valence electrons. The summed E-state index contributed by atoms with van der Waals surface area (Å²) in [5, 5.41) is 5.92. The minimum atomic E-state index is -0.246. The predicted octanol–water partition coefficient (Wildman–Crippen LogP) is 2.95. The fourth-order valence-electron chi connectivity index (χ4n) is 2.28. The molecule has 0 saturated carbocycles. The summed E-state index contributed by atoms with van der Waals surface area (Å²) in [6.45, 7) is 1.70. The molecule has 0 atom stereocenters. The van der Waals surface area contributed by atoms with Crippen LogP contribution in [0.2, 0.25) is 0 Å². The number of anilines is 4. The van der Waals surface area contributed by atoms with Crippen LogP contribution in [0.25, 0.3) is 0 Å². The Kier molecular flexibility index (Phi) is 2.82. The molecule has 0 aliphatic carbocycles. The van der Waals surface area contributed by atoms with Crippen molar-refractivity contribution in [2.45, 2.75) is 13.3 Å². The molecule has 0 radical (unpaired) electrons. The summed E-state index contributed by atoms with van der Waals surface area (Å²) in [6.07, 6.45) is 0.357. The summed E-state index contributed by atoms with van der Waals surface area (Å²) in [5.74, 6) is -0.279. The van der Waals surface area contributed by atoms with Crippen molar-refractivity contribution in [3.63, 3.8) is 0 Å². The number of nitrogens with one attached hydrogen (secondary N) is 2. The number of rotatable bonds is 2. The van der Waals surface area contributed by atoms with Crippen molar-refractivity contribution in [2.75, 3.05) is 16.4 Å². The van der Waals surface area contributed by atoms with Gasteiger partial charge in [-0.25, -0.2) is 4.39 Å². The Labute approximate surface area is 115 Å². The van der Waals surface area contributed by atoms with Gasteiger partial charge in [-0.2, -0.15) is 0 Å². The Morgan fingerprint density at radius 3 is 2.85 bits per heavy atom. The summed E-state index contributed by atoms with van der Waals surface area (Å²) in [6, 6.07) is 8.34. The molecule has 20 heavy (non-hydrogen) atoms. The van der Waals surface area contributed by atoms with Crippen molar-refractivity contribution < 1.29 is 9.18 Å². The second-order valence-corrected chi connectivity index (χ2v) is 4.91. The van der Waals surface area contributed by atoms with Gasteiger partial charge in [0.1, 0.15) is 5.82 Å². The minimum Gasteiger partial charge on any atom is -0.397 e. The monoisotopic (exact) mass is 271 g/mol. The summed E-state index contributed by atoms with van der Waals surface area (Å²) in [7, 11) is 0.